The molecule has 1 aromatic heterocycles. The summed E-state index contributed by atoms with van der Waals surface area (Å²) < 4.78 is 5.97. The van der Waals surface area contributed by atoms with Gasteiger partial charge in [-0.2, -0.15) is 0 Å². The van der Waals surface area contributed by atoms with E-state index in [2.05, 4.69) is 20.5 Å². The lowest BCUT2D eigenvalue weighted by Gasteiger charge is -2.16. The fourth-order valence-corrected chi connectivity index (χ4v) is 3.59. The average Bonchev–Trinajstić information content (AvgIpc) is 3.34. The van der Waals surface area contributed by atoms with Gasteiger partial charge in [-0.15, -0.1) is 0 Å². The van der Waals surface area contributed by atoms with Crippen LogP contribution in [-0.4, -0.2) is 24.1 Å². The maximum Gasteiger partial charge on any atom is 0.319 e. The minimum Gasteiger partial charge on any atom is -0.487 e. The molecule has 1 aliphatic heterocycles. The maximum absolute atomic E-state index is 12.5. The van der Waals surface area contributed by atoms with Gasteiger partial charge in [0.1, 0.15) is 18.2 Å². The number of amides is 2. The molecule has 0 bridgehead atoms. The van der Waals surface area contributed by atoms with Crippen LogP contribution in [0.15, 0.2) is 66.9 Å². The highest BCUT2D eigenvalue weighted by atomic mass is 16.5. The second kappa shape index (κ2) is 9.98. The third kappa shape index (κ3) is 5.75. The molecule has 0 aliphatic carbocycles. The molecule has 160 valence electrons. The summed E-state index contributed by atoms with van der Waals surface area (Å²) in [6.07, 6.45) is 4.27. The van der Waals surface area contributed by atoms with E-state index >= 15 is 0 Å². The number of nitrogens with zero attached hydrogens (tertiary/aromatic N) is 2. The second-order valence-electron chi connectivity index (χ2n) is 7.80. The monoisotopic (exact) mass is 416 g/mol. The number of ether oxygens (including phenoxy) is 1. The number of anilines is 2. The molecule has 2 N–H and O–H groups in total. The van der Waals surface area contributed by atoms with Crippen LogP contribution >= 0.6 is 0 Å². The van der Waals surface area contributed by atoms with Crippen molar-refractivity contribution in [2.24, 2.45) is 0 Å². The molecule has 6 heteroatoms. The Bertz CT molecular complexity index is 1000. The topological polar surface area (TPSA) is 66.5 Å². The fourth-order valence-electron chi connectivity index (χ4n) is 3.59. The van der Waals surface area contributed by atoms with Crippen molar-refractivity contribution in [1.82, 2.24) is 10.3 Å². The lowest BCUT2D eigenvalue weighted by atomic mass is 10.2. The third-order valence-electron chi connectivity index (χ3n) is 5.31. The molecule has 0 saturated carbocycles. The van der Waals surface area contributed by atoms with Crippen LogP contribution in [-0.2, 0) is 13.2 Å². The highest BCUT2D eigenvalue weighted by Crippen LogP contribution is 2.26. The van der Waals surface area contributed by atoms with Gasteiger partial charge in [0, 0.05) is 25.8 Å². The lowest BCUT2D eigenvalue weighted by Crippen LogP contribution is -2.28. The Balaban J connectivity index is 1.32. The number of aromatic nitrogens is 1. The molecule has 0 unspecified atom stereocenters. The zero-order valence-corrected chi connectivity index (χ0v) is 17.8. The van der Waals surface area contributed by atoms with E-state index in [-0.39, 0.29) is 6.03 Å². The number of benzene rings is 2. The van der Waals surface area contributed by atoms with Gasteiger partial charge in [0.15, 0.2) is 0 Å². The van der Waals surface area contributed by atoms with Crippen molar-refractivity contribution >= 4 is 17.5 Å². The average molecular weight is 417 g/mol. The van der Waals surface area contributed by atoms with E-state index < -0.39 is 0 Å². The molecule has 2 heterocycles. The van der Waals surface area contributed by atoms with Gasteiger partial charge in [0.25, 0.3) is 0 Å². The number of aryl methyl sites for hydroxylation is 1. The zero-order valence-electron chi connectivity index (χ0n) is 17.8. The molecule has 1 aliphatic rings. The number of carbonyl (C=O) groups excluding carboxylic acids is 1. The Labute approximate surface area is 183 Å². The first-order chi connectivity index (χ1) is 15.2. The summed E-state index contributed by atoms with van der Waals surface area (Å²) in [5.41, 5.74) is 3.74. The molecule has 2 aromatic carbocycles. The van der Waals surface area contributed by atoms with E-state index in [1.807, 2.05) is 73.8 Å². The SMILES string of the molecule is Cc1ccc(NC(=O)NCc2ccc(N3CCCC3)nc2)c(OCc2ccccc2)c1. The number of nitrogens with one attached hydrogen (secondary N) is 2. The van der Waals surface area contributed by atoms with Crippen molar-refractivity contribution < 1.29 is 9.53 Å². The van der Waals surface area contributed by atoms with E-state index in [9.17, 15) is 4.79 Å². The van der Waals surface area contributed by atoms with Crippen molar-refractivity contribution in [2.45, 2.75) is 32.9 Å². The van der Waals surface area contributed by atoms with Crippen LogP contribution in [0.3, 0.4) is 0 Å². The van der Waals surface area contributed by atoms with E-state index in [0.29, 0.717) is 24.6 Å². The van der Waals surface area contributed by atoms with Crippen LogP contribution in [0.2, 0.25) is 0 Å². The largest absolute Gasteiger partial charge is 0.487 e. The quantitative estimate of drug-likeness (QED) is 0.575. The molecule has 1 fully saturated rings. The Morgan fingerprint density at radius 3 is 2.58 bits per heavy atom. The Morgan fingerprint density at radius 1 is 1.03 bits per heavy atom. The summed E-state index contributed by atoms with van der Waals surface area (Å²) in [4.78, 5) is 19.3. The highest BCUT2D eigenvalue weighted by molar-refractivity contribution is 5.90. The van der Waals surface area contributed by atoms with Crippen molar-refractivity contribution in [3.63, 3.8) is 0 Å². The summed E-state index contributed by atoms with van der Waals surface area (Å²) in [5.74, 6) is 1.65. The van der Waals surface area contributed by atoms with Gasteiger partial charge in [-0.1, -0.05) is 42.5 Å². The first-order valence-corrected chi connectivity index (χ1v) is 10.7. The zero-order chi connectivity index (χ0) is 21.5. The van der Waals surface area contributed by atoms with Crippen LogP contribution in [0.4, 0.5) is 16.3 Å². The van der Waals surface area contributed by atoms with Crippen LogP contribution in [0.5, 0.6) is 5.75 Å². The smallest absolute Gasteiger partial charge is 0.319 e. The molecule has 4 rings (SSSR count). The van der Waals surface area contributed by atoms with Crippen LogP contribution in [0.1, 0.15) is 29.5 Å². The molecule has 0 atom stereocenters. The van der Waals surface area contributed by atoms with Crippen molar-refractivity contribution in [2.75, 3.05) is 23.3 Å². The normalized spacial score (nSPS) is 13.1. The Hall–Kier alpha value is -3.54. The van der Waals surface area contributed by atoms with Crippen molar-refractivity contribution in [1.29, 1.82) is 0 Å². The van der Waals surface area contributed by atoms with E-state index in [1.165, 1.54) is 12.8 Å². The van der Waals surface area contributed by atoms with E-state index in [1.54, 1.807) is 0 Å². The van der Waals surface area contributed by atoms with Crippen molar-refractivity contribution in [3.8, 4) is 5.75 Å². The Kier molecular flexibility index (Phi) is 6.67. The molecule has 31 heavy (non-hydrogen) atoms. The molecular weight excluding hydrogens is 388 g/mol. The van der Waals surface area contributed by atoms with Gasteiger partial charge >= 0.3 is 6.03 Å². The molecule has 2 amide bonds. The molecule has 6 nitrogen and oxygen atoms in total. The van der Waals surface area contributed by atoms with Gasteiger partial charge in [-0.3, -0.25) is 0 Å². The Morgan fingerprint density at radius 2 is 1.84 bits per heavy atom. The maximum atomic E-state index is 12.5. The number of urea groups is 1. The van der Waals surface area contributed by atoms with Gasteiger partial charge in [0.05, 0.1) is 5.69 Å². The van der Waals surface area contributed by atoms with Gasteiger partial charge < -0.3 is 20.3 Å². The minimum absolute atomic E-state index is 0.281. The van der Waals surface area contributed by atoms with Gasteiger partial charge in [0.2, 0.25) is 0 Å². The first-order valence-electron chi connectivity index (χ1n) is 10.7. The fraction of sp³-hybridized carbons (Fsp3) is 0.280. The molecular formula is C25H28N4O2. The number of rotatable bonds is 7. The summed E-state index contributed by atoms with van der Waals surface area (Å²) in [6, 6.07) is 19.5. The van der Waals surface area contributed by atoms with E-state index in [4.69, 9.17) is 4.74 Å². The number of pyridine rings is 1. The van der Waals surface area contributed by atoms with Crippen molar-refractivity contribution in [3.05, 3.63) is 83.6 Å². The first kappa shape index (κ1) is 20.7. The number of hydrogen-bond donors (Lipinski definition) is 2. The highest BCUT2D eigenvalue weighted by Gasteiger charge is 2.13. The predicted molar refractivity (Wildman–Crippen MR) is 123 cm³/mol. The minimum atomic E-state index is -0.281. The molecule has 3 aromatic rings. The molecule has 0 radical (unpaired) electrons. The van der Waals surface area contributed by atoms with Crippen LogP contribution in [0.25, 0.3) is 0 Å². The predicted octanol–water partition coefficient (Wildman–Crippen LogP) is 4.89. The lowest BCUT2D eigenvalue weighted by molar-refractivity contribution is 0.251. The summed E-state index contributed by atoms with van der Waals surface area (Å²) in [7, 11) is 0. The number of carbonyl (C=O) groups is 1. The van der Waals surface area contributed by atoms with Gasteiger partial charge in [-0.05, 0) is 54.7 Å². The molecule has 0 spiro atoms. The van der Waals surface area contributed by atoms with Crippen LogP contribution in [0, 0.1) is 6.92 Å². The molecule has 1 saturated heterocycles. The standard InChI is InChI=1S/C25H28N4O2/c1-19-9-11-22(23(15-19)31-18-20-7-3-2-4-8-20)28-25(30)27-17-21-10-12-24(26-16-21)29-13-5-6-14-29/h2-4,7-12,15-16H,5-6,13-14,17-18H2,1H3,(H2,27,28,30). The second-order valence-corrected chi connectivity index (χ2v) is 7.80. The van der Waals surface area contributed by atoms with E-state index in [0.717, 1.165) is 35.6 Å². The number of hydrogen-bond acceptors (Lipinski definition) is 4. The van der Waals surface area contributed by atoms with Crippen LogP contribution < -0.4 is 20.3 Å². The van der Waals surface area contributed by atoms with Gasteiger partial charge in [-0.25, -0.2) is 9.78 Å². The third-order valence-corrected chi connectivity index (χ3v) is 5.31. The summed E-state index contributed by atoms with van der Waals surface area (Å²) in [6.45, 7) is 4.98. The summed E-state index contributed by atoms with van der Waals surface area (Å²) >= 11 is 0. The summed E-state index contributed by atoms with van der Waals surface area (Å²) in [5, 5.41) is 5.79.